The lowest BCUT2D eigenvalue weighted by Crippen LogP contribution is -2.34. The van der Waals surface area contributed by atoms with Crippen LogP contribution in [0.25, 0.3) is 10.2 Å². The summed E-state index contributed by atoms with van der Waals surface area (Å²) in [4.78, 5) is 19.4. The number of rotatable bonds is 10. The molecule has 0 aliphatic carbocycles. The van der Waals surface area contributed by atoms with Gasteiger partial charge < -0.3 is 4.74 Å². The third-order valence-electron chi connectivity index (χ3n) is 5.20. The fourth-order valence-corrected chi connectivity index (χ4v) is 5.75. The van der Waals surface area contributed by atoms with Gasteiger partial charge in [-0.05, 0) is 55.0 Å². The number of methoxy groups -OCH3 is 1. The molecule has 4 aromatic rings. The fourth-order valence-electron chi connectivity index (χ4n) is 3.41. The van der Waals surface area contributed by atoms with Crippen LogP contribution in [0.15, 0.2) is 65.8 Å². The average Bonchev–Trinajstić information content (AvgIpc) is 3.48. The molecule has 0 spiro atoms. The molecule has 0 saturated heterocycles. The van der Waals surface area contributed by atoms with Crippen molar-refractivity contribution in [2.75, 3.05) is 24.3 Å². The van der Waals surface area contributed by atoms with Gasteiger partial charge >= 0.3 is 0 Å². The Hall–Kier alpha value is -3.31. The summed E-state index contributed by atoms with van der Waals surface area (Å²) in [5.41, 5.74) is 0.747. The maximum absolute atomic E-state index is 13.2. The van der Waals surface area contributed by atoms with Crippen molar-refractivity contribution in [2.45, 2.75) is 24.3 Å². The van der Waals surface area contributed by atoms with Crippen LogP contribution in [0.4, 0.5) is 9.52 Å². The monoisotopic (exact) mass is 502 g/mol. The van der Waals surface area contributed by atoms with E-state index in [-0.39, 0.29) is 29.4 Å². The summed E-state index contributed by atoms with van der Waals surface area (Å²) < 4.78 is 46.1. The predicted octanol–water partition coefficient (Wildman–Crippen LogP) is 3.93. The number of carbonyl (C=O) groups is 1. The predicted molar refractivity (Wildman–Crippen MR) is 128 cm³/mol. The number of fused-ring (bicyclic) bond motifs is 1. The van der Waals surface area contributed by atoms with Gasteiger partial charge in [0.1, 0.15) is 11.6 Å². The molecular formula is C23H23FN4O4S2. The first-order valence-electron chi connectivity index (χ1n) is 10.6. The molecule has 4 rings (SSSR count). The van der Waals surface area contributed by atoms with Gasteiger partial charge in [-0.25, -0.2) is 17.8 Å². The standard InChI is InChI=1S/C23H23FN4O4S2/c1-32-18-7-10-20-21(16-18)33-23(26-20)28(14-13-27-12-3-11-25-27)22(29)4-2-15-34(30,31)19-8-5-17(24)6-9-19/h3,5-12,16H,2,4,13-15H2,1H3. The van der Waals surface area contributed by atoms with E-state index in [1.807, 2.05) is 18.2 Å². The van der Waals surface area contributed by atoms with Crippen LogP contribution < -0.4 is 9.64 Å². The molecule has 0 aliphatic rings. The highest BCUT2D eigenvalue weighted by atomic mass is 32.2. The summed E-state index contributed by atoms with van der Waals surface area (Å²) in [6.07, 6.45) is 3.63. The van der Waals surface area contributed by atoms with E-state index in [2.05, 4.69) is 10.1 Å². The van der Waals surface area contributed by atoms with Crippen molar-refractivity contribution in [3.8, 4) is 5.75 Å². The highest BCUT2D eigenvalue weighted by molar-refractivity contribution is 7.91. The number of thiazole rings is 1. The Morgan fingerprint density at radius 2 is 2.00 bits per heavy atom. The van der Waals surface area contributed by atoms with Crippen molar-refractivity contribution in [3.05, 3.63) is 66.7 Å². The number of anilines is 1. The second kappa shape index (κ2) is 10.3. The smallest absolute Gasteiger partial charge is 0.228 e. The topological polar surface area (TPSA) is 94.4 Å². The molecule has 178 valence electrons. The lowest BCUT2D eigenvalue weighted by Gasteiger charge is -2.20. The summed E-state index contributed by atoms with van der Waals surface area (Å²) in [5, 5.41) is 4.71. The molecule has 2 aromatic heterocycles. The van der Waals surface area contributed by atoms with Gasteiger partial charge in [0.2, 0.25) is 5.91 Å². The van der Waals surface area contributed by atoms with Gasteiger partial charge in [0, 0.05) is 25.4 Å². The van der Waals surface area contributed by atoms with Crippen molar-refractivity contribution in [1.82, 2.24) is 14.8 Å². The number of hydrogen-bond donors (Lipinski definition) is 0. The number of ether oxygens (including phenoxy) is 1. The second-order valence-electron chi connectivity index (χ2n) is 7.52. The van der Waals surface area contributed by atoms with E-state index < -0.39 is 15.7 Å². The number of halogens is 1. The van der Waals surface area contributed by atoms with Gasteiger partial charge in [-0.3, -0.25) is 14.4 Å². The minimum absolute atomic E-state index is 0.0266. The van der Waals surface area contributed by atoms with E-state index in [4.69, 9.17) is 4.74 Å². The SMILES string of the molecule is COc1ccc2nc(N(CCn3cccn3)C(=O)CCCS(=O)(=O)c3ccc(F)cc3)sc2c1. The number of sulfone groups is 1. The summed E-state index contributed by atoms with van der Waals surface area (Å²) >= 11 is 1.37. The minimum Gasteiger partial charge on any atom is -0.497 e. The van der Waals surface area contributed by atoms with Crippen molar-refractivity contribution >= 4 is 42.4 Å². The van der Waals surface area contributed by atoms with Crippen LogP contribution in [-0.2, 0) is 21.2 Å². The number of carbonyl (C=O) groups excluding carboxylic acids is 1. The molecule has 0 unspecified atom stereocenters. The van der Waals surface area contributed by atoms with E-state index in [0.29, 0.717) is 24.0 Å². The van der Waals surface area contributed by atoms with Gasteiger partial charge in [-0.1, -0.05) is 11.3 Å². The first-order valence-corrected chi connectivity index (χ1v) is 13.0. The number of hydrogen-bond acceptors (Lipinski definition) is 7. The van der Waals surface area contributed by atoms with Crippen molar-refractivity contribution in [3.63, 3.8) is 0 Å². The van der Waals surface area contributed by atoms with Gasteiger partial charge in [0.25, 0.3) is 0 Å². The molecule has 2 heterocycles. The molecule has 0 atom stereocenters. The Kier molecular flexibility index (Phi) is 7.23. The molecule has 1 amide bonds. The molecular weight excluding hydrogens is 479 g/mol. The zero-order valence-electron chi connectivity index (χ0n) is 18.4. The van der Waals surface area contributed by atoms with Gasteiger partial charge in [0.05, 0.1) is 34.5 Å². The molecule has 0 fully saturated rings. The van der Waals surface area contributed by atoms with E-state index in [9.17, 15) is 17.6 Å². The summed E-state index contributed by atoms with van der Waals surface area (Å²) in [7, 11) is -2.03. The van der Waals surface area contributed by atoms with Crippen molar-refractivity contribution < 1.29 is 22.3 Å². The Labute approximate surface area is 200 Å². The number of nitrogens with zero attached hydrogens (tertiary/aromatic N) is 4. The third kappa shape index (κ3) is 5.60. The third-order valence-corrected chi connectivity index (χ3v) is 8.06. The Bertz CT molecular complexity index is 1370. The molecule has 0 N–H and O–H groups in total. The normalized spacial score (nSPS) is 11.6. The van der Waals surface area contributed by atoms with Crippen LogP contribution in [0.5, 0.6) is 5.75 Å². The van der Waals surface area contributed by atoms with Gasteiger partial charge in [0.15, 0.2) is 15.0 Å². The second-order valence-corrected chi connectivity index (χ2v) is 10.6. The summed E-state index contributed by atoms with van der Waals surface area (Å²) in [6.45, 7) is 0.800. The van der Waals surface area contributed by atoms with Gasteiger partial charge in [-0.2, -0.15) is 5.10 Å². The summed E-state index contributed by atoms with van der Waals surface area (Å²) in [5.74, 6) is -0.250. The van der Waals surface area contributed by atoms with E-state index in [1.165, 1.54) is 23.5 Å². The van der Waals surface area contributed by atoms with Crippen molar-refractivity contribution in [1.29, 1.82) is 0 Å². The van der Waals surface area contributed by atoms with Crippen LogP contribution in [-0.4, -0.2) is 48.5 Å². The van der Waals surface area contributed by atoms with Crippen LogP contribution >= 0.6 is 11.3 Å². The Balaban J connectivity index is 1.49. The number of benzene rings is 2. The van der Waals surface area contributed by atoms with Crippen LogP contribution in [0.2, 0.25) is 0 Å². The van der Waals surface area contributed by atoms with E-state index in [0.717, 1.165) is 22.3 Å². The highest BCUT2D eigenvalue weighted by Crippen LogP contribution is 2.32. The first kappa shape index (κ1) is 23.8. The summed E-state index contributed by atoms with van der Waals surface area (Å²) in [6, 6.07) is 12.0. The van der Waals surface area contributed by atoms with Gasteiger partial charge in [-0.15, -0.1) is 0 Å². The zero-order valence-corrected chi connectivity index (χ0v) is 20.1. The molecule has 0 bridgehead atoms. The Morgan fingerprint density at radius 3 is 2.71 bits per heavy atom. The molecule has 11 heteroatoms. The molecule has 34 heavy (non-hydrogen) atoms. The highest BCUT2D eigenvalue weighted by Gasteiger charge is 2.22. The molecule has 2 aromatic carbocycles. The van der Waals surface area contributed by atoms with E-state index >= 15 is 0 Å². The lowest BCUT2D eigenvalue weighted by atomic mass is 10.3. The van der Waals surface area contributed by atoms with Crippen LogP contribution in [0.3, 0.4) is 0 Å². The molecule has 0 aliphatic heterocycles. The van der Waals surface area contributed by atoms with Crippen LogP contribution in [0.1, 0.15) is 12.8 Å². The zero-order chi connectivity index (χ0) is 24.1. The van der Waals surface area contributed by atoms with Crippen molar-refractivity contribution in [2.24, 2.45) is 0 Å². The molecule has 8 nitrogen and oxygen atoms in total. The quantitative estimate of drug-likeness (QED) is 0.305. The maximum Gasteiger partial charge on any atom is 0.228 e. The van der Waals surface area contributed by atoms with E-state index in [1.54, 1.807) is 35.2 Å². The molecule has 0 saturated carbocycles. The largest absolute Gasteiger partial charge is 0.497 e. The lowest BCUT2D eigenvalue weighted by molar-refractivity contribution is -0.118. The number of amides is 1. The number of aromatic nitrogens is 3. The first-order chi connectivity index (χ1) is 16.4. The van der Waals surface area contributed by atoms with Crippen LogP contribution in [0, 0.1) is 5.82 Å². The average molecular weight is 503 g/mol. The fraction of sp³-hybridized carbons (Fsp3) is 0.261. The maximum atomic E-state index is 13.2. The Morgan fingerprint density at radius 1 is 1.21 bits per heavy atom. The molecule has 0 radical (unpaired) electrons. The minimum atomic E-state index is -3.62.